The summed E-state index contributed by atoms with van der Waals surface area (Å²) in [6, 6.07) is 1.69. The van der Waals surface area contributed by atoms with Crippen LogP contribution in [0.1, 0.15) is 17.5 Å². The van der Waals surface area contributed by atoms with Crippen molar-refractivity contribution >= 4 is 5.97 Å². The van der Waals surface area contributed by atoms with Crippen LogP contribution in [0.4, 0.5) is 0 Å². The van der Waals surface area contributed by atoms with Crippen molar-refractivity contribution in [1.29, 1.82) is 0 Å². The van der Waals surface area contributed by atoms with E-state index < -0.39 is 23.2 Å². The van der Waals surface area contributed by atoms with Crippen molar-refractivity contribution in [1.82, 2.24) is 0 Å². The van der Waals surface area contributed by atoms with Gasteiger partial charge in [-0.25, -0.2) is 4.79 Å². The maximum atomic E-state index is 10.3. The van der Waals surface area contributed by atoms with Crippen LogP contribution in [0.2, 0.25) is 0 Å². The second-order valence-corrected chi connectivity index (χ2v) is 2.17. The molecule has 0 atom stereocenters. The van der Waals surface area contributed by atoms with Crippen molar-refractivity contribution in [3.63, 3.8) is 0 Å². The average Bonchev–Trinajstić information content (AvgIpc) is 1.99. The van der Waals surface area contributed by atoms with E-state index in [1.807, 2.05) is 0 Å². The van der Waals surface area contributed by atoms with Crippen molar-refractivity contribution in [3.05, 3.63) is 17.7 Å². The molecular formula is C7H11Li5O5. The van der Waals surface area contributed by atoms with Gasteiger partial charge in [0.15, 0.2) is 17.2 Å². The fourth-order valence-corrected chi connectivity index (χ4v) is 0.728. The second kappa shape index (κ2) is 13.5. The number of aromatic carboxylic acids is 1. The second-order valence-electron chi connectivity index (χ2n) is 2.17. The molecule has 0 aliphatic carbocycles. The van der Waals surface area contributed by atoms with E-state index in [9.17, 15) is 4.79 Å². The number of hydrogen-bond donors (Lipinski definition) is 4. The van der Waals surface area contributed by atoms with Gasteiger partial charge in [-0.1, -0.05) is 0 Å². The number of aromatic hydroxyl groups is 3. The zero-order chi connectivity index (χ0) is 9.30. The van der Waals surface area contributed by atoms with Crippen LogP contribution in [-0.2, 0) is 0 Å². The molecule has 0 aliphatic rings. The van der Waals surface area contributed by atoms with Gasteiger partial charge < -0.3 is 27.6 Å². The number of hydrogen-bond acceptors (Lipinski definition) is 4. The first-order valence-corrected chi connectivity index (χ1v) is 3.00. The minimum Gasteiger partial charge on any atom is -1.00 e. The van der Waals surface area contributed by atoms with Crippen molar-refractivity contribution in [2.24, 2.45) is 0 Å². The molecule has 0 saturated carbocycles. The summed E-state index contributed by atoms with van der Waals surface area (Å²) in [6.07, 6.45) is 0. The summed E-state index contributed by atoms with van der Waals surface area (Å²) in [4.78, 5) is 10.3. The smallest absolute Gasteiger partial charge is 1.00 e. The summed E-state index contributed by atoms with van der Waals surface area (Å²) in [5.74, 6) is -3.33. The maximum Gasteiger partial charge on any atom is 1.00 e. The quantitative estimate of drug-likeness (QED) is 0.272. The molecule has 0 saturated heterocycles. The zero-order valence-corrected chi connectivity index (χ0v) is 10.9. The third-order valence-electron chi connectivity index (χ3n) is 1.32. The first-order valence-electron chi connectivity index (χ1n) is 3.00. The Kier molecular flexibility index (Phi) is 24.5. The molecule has 17 heavy (non-hydrogen) atoms. The predicted octanol–water partition coefficient (Wildman–Crippen LogP) is -13.9. The molecule has 74 valence electrons. The Labute approximate surface area is 166 Å². The topological polar surface area (TPSA) is 98.0 Å². The number of benzene rings is 1. The van der Waals surface area contributed by atoms with E-state index >= 15 is 0 Å². The summed E-state index contributed by atoms with van der Waals surface area (Å²) < 4.78 is 0. The molecule has 4 N–H and O–H groups in total. The van der Waals surface area contributed by atoms with E-state index in [-0.39, 0.29) is 107 Å². The Balaban J connectivity index is -0.0000000180. The van der Waals surface area contributed by atoms with Crippen LogP contribution in [0.5, 0.6) is 17.2 Å². The van der Waals surface area contributed by atoms with Crippen LogP contribution in [0.3, 0.4) is 0 Å². The van der Waals surface area contributed by atoms with Crippen LogP contribution < -0.4 is 94.3 Å². The van der Waals surface area contributed by atoms with Gasteiger partial charge >= 0.3 is 100 Å². The van der Waals surface area contributed by atoms with Gasteiger partial charge in [0.2, 0.25) is 0 Å². The molecule has 0 bridgehead atoms. The van der Waals surface area contributed by atoms with Crippen molar-refractivity contribution in [2.75, 3.05) is 0 Å². The Bertz CT molecular complexity index is 339. The van der Waals surface area contributed by atoms with Crippen LogP contribution >= 0.6 is 0 Å². The summed E-state index contributed by atoms with van der Waals surface area (Å²) >= 11 is 0. The molecule has 5 nitrogen and oxygen atoms in total. The minimum absolute atomic E-state index is 0. The molecule has 10 heteroatoms. The summed E-state index contributed by atoms with van der Waals surface area (Å²) in [7, 11) is 0. The fraction of sp³-hybridized carbons (Fsp3) is 0. The molecule has 0 heterocycles. The Morgan fingerprint density at radius 2 is 1.18 bits per heavy atom. The fourth-order valence-electron chi connectivity index (χ4n) is 0.728. The molecule has 0 aromatic heterocycles. The van der Waals surface area contributed by atoms with E-state index in [1.54, 1.807) is 0 Å². The van der Waals surface area contributed by atoms with Gasteiger partial charge in [0.1, 0.15) is 0 Å². The van der Waals surface area contributed by atoms with Crippen LogP contribution in [0.25, 0.3) is 0 Å². The molecule has 1 rings (SSSR count). The number of rotatable bonds is 1. The number of phenolic OH excluding ortho intramolecular Hbond substituents is 3. The van der Waals surface area contributed by atoms with Gasteiger partial charge in [0.05, 0.1) is 5.56 Å². The molecule has 0 unspecified atom stereocenters. The van der Waals surface area contributed by atoms with E-state index in [0.717, 1.165) is 12.1 Å². The third kappa shape index (κ3) is 8.74. The molecule has 0 radical (unpaired) electrons. The Morgan fingerprint density at radius 1 is 0.882 bits per heavy atom. The van der Waals surface area contributed by atoms with Gasteiger partial charge in [-0.2, -0.15) is 0 Å². The van der Waals surface area contributed by atoms with Crippen molar-refractivity contribution in [2.45, 2.75) is 0 Å². The van der Waals surface area contributed by atoms with Gasteiger partial charge in [-0.05, 0) is 12.1 Å². The molecule has 0 spiro atoms. The van der Waals surface area contributed by atoms with Crippen LogP contribution in [0, 0.1) is 0 Å². The first-order chi connectivity index (χ1) is 5.52. The van der Waals surface area contributed by atoms with Gasteiger partial charge in [0.25, 0.3) is 0 Å². The molecule has 1 aromatic carbocycles. The van der Waals surface area contributed by atoms with Crippen molar-refractivity contribution in [3.8, 4) is 17.2 Å². The predicted molar refractivity (Wildman–Crippen MR) is 44.0 cm³/mol. The first kappa shape index (κ1) is 30.8. The van der Waals surface area contributed by atoms with E-state index in [0.29, 0.717) is 0 Å². The van der Waals surface area contributed by atoms with E-state index in [4.69, 9.17) is 20.4 Å². The van der Waals surface area contributed by atoms with Gasteiger partial charge in [0, 0.05) is 0 Å². The van der Waals surface area contributed by atoms with Crippen LogP contribution in [-0.4, -0.2) is 26.4 Å². The minimum atomic E-state index is -1.29. The molecule has 0 fully saturated rings. The number of carboxylic acid groups (broad SMARTS) is 1. The summed E-state index contributed by atoms with van der Waals surface area (Å²) in [5.41, 5.74) is -0.289. The van der Waals surface area contributed by atoms with E-state index in [1.165, 1.54) is 0 Å². The molecule has 0 amide bonds. The molecule has 0 aliphatic heterocycles. The van der Waals surface area contributed by atoms with Crippen molar-refractivity contribution < 1.29 is 127 Å². The Hall–Kier alpha value is 1.08. The van der Waals surface area contributed by atoms with Gasteiger partial charge in [-0.15, -0.1) is 0 Å². The van der Waals surface area contributed by atoms with Crippen LogP contribution in [0.15, 0.2) is 12.1 Å². The normalized spacial score (nSPS) is 6.82. The van der Waals surface area contributed by atoms with E-state index in [2.05, 4.69) is 0 Å². The average molecular weight is 210 g/mol. The standard InChI is InChI=1S/C7H6O5.5Li.5H/c8-4-1-3(7(11)12)2-5(9)6(4)10;;;;;;;;;;/h1-2,8-10H,(H,11,12);;;;;;;;;;/q;5*+1;5*-1. The third-order valence-corrected chi connectivity index (χ3v) is 1.32. The largest absolute Gasteiger partial charge is 1.00 e. The monoisotopic (exact) mass is 210 g/mol. The molecule has 1 aromatic rings. The number of carboxylic acids is 1. The summed E-state index contributed by atoms with van der Waals surface area (Å²) in [6.45, 7) is 0. The SMILES string of the molecule is O=C(O)c1cc(O)c(O)c(O)c1.[H-].[H-].[H-].[H-].[H-].[Li+].[Li+].[Li+].[Li+].[Li+]. The summed E-state index contributed by atoms with van der Waals surface area (Å²) in [5, 5.41) is 35.0. The Morgan fingerprint density at radius 3 is 1.41 bits per heavy atom. The zero-order valence-electron chi connectivity index (χ0n) is 15.9. The number of phenols is 3. The molecular weight excluding hydrogens is 199 g/mol. The van der Waals surface area contributed by atoms with Gasteiger partial charge in [-0.3, -0.25) is 0 Å². The number of carbonyl (C=O) groups is 1. The maximum absolute atomic E-state index is 10.3.